The quantitative estimate of drug-likeness (QED) is 0.670. The molecule has 0 bridgehead atoms. The van der Waals surface area contributed by atoms with Gasteiger partial charge in [0.15, 0.2) is 0 Å². The maximum Gasteiger partial charge on any atom is 0.0540 e. The summed E-state index contributed by atoms with van der Waals surface area (Å²) in [7, 11) is 0. The molecule has 2 rings (SSSR count). The number of hydrogen-bond donors (Lipinski definition) is 2. The van der Waals surface area contributed by atoms with Crippen LogP contribution in [0.25, 0.3) is 0 Å². The van der Waals surface area contributed by atoms with Crippen molar-refractivity contribution < 1.29 is 10.2 Å². The van der Waals surface area contributed by atoms with Crippen molar-refractivity contribution in [1.29, 1.82) is 0 Å². The van der Waals surface area contributed by atoms with Crippen LogP contribution in [0.2, 0.25) is 0 Å². The highest BCUT2D eigenvalue weighted by Gasteiger charge is 2.33. The molecular formula is C19H36O2. The van der Waals surface area contributed by atoms with Crippen molar-refractivity contribution in [2.24, 2.45) is 17.8 Å². The zero-order valence-electron chi connectivity index (χ0n) is 14.0. The van der Waals surface area contributed by atoms with Gasteiger partial charge in [-0.2, -0.15) is 0 Å². The third kappa shape index (κ3) is 5.56. The summed E-state index contributed by atoms with van der Waals surface area (Å²) in [5.74, 6) is 2.55. The van der Waals surface area contributed by atoms with Crippen LogP contribution >= 0.6 is 0 Å². The van der Waals surface area contributed by atoms with E-state index in [-0.39, 0.29) is 12.2 Å². The minimum Gasteiger partial charge on any atom is -0.393 e. The molecule has 124 valence electrons. The van der Waals surface area contributed by atoms with Gasteiger partial charge in [-0.15, -0.1) is 0 Å². The Morgan fingerprint density at radius 3 is 1.62 bits per heavy atom. The lowest BCUT2D eigenvalue weighted by molar-refractivity contribution is 0.0423. The lowest BCUT2D eigenvalue weighted by Crippen LogP contribution is -2.32. The standard InChI is InChI=1S/C19H36O2/c1-2-3-4-5-6-19(15-7-11-17(20)12-8-15)16-9-13-18(21)14-10-16/h15-21H,2-14H2,1H3. The Kier molecular flexibility index (Phi) is 7.53. The normalized spacial score (nSPS) is 35.6. The van der Waals surface area contributed by atoms with E-state index in [2.05, 4.69) is 6.92 Å². The molecule has 0 aromatic heterocycles. The van der Waals surface area contributed by atoms with Gasteiger partial charge in [-0.1, -0.05) is 32.6 Å². The van der Waals surface area contributed by atoms with Crippen LogP contribution in [0.15, 0.2) is 0 Å². The highest BCUT2D eigenvalue weighted by molar-refractivity contribution is 4.84. The van der Waals surface area contributed by atoms with Crippen molar-refractivity contribution in [2.75, 3.05) is 0 Å². The highest BCUT2D eigenvalue weighted by Crippen LogP contribution is 2.42. The van der Waals surface area contributed by atoms with Gasteiger partial charge in [-0.3, -0.25) is 0 Å². The first kappa shape index (κ1) is 17.3. The molecule has 0 unspecified atom stereocenters. The van der Waals surface area contributed by atoms with Gasteiger partial charge in [-0.25, -0.2) is 0 Å². The van der Waals surface area contributed by atoms with Crippen LogP contribution in [-0.2, 0) is 0 Å². The van der Waals surface area contributed by atoms with E-state index in [1.165, 1.54) is 57.8 Å². The zero-order valence-corrected chi connectivity index (χ0v) is 14.0. The summed E-state index contributed by atoms with van der Waals surface area (Å²) in [6.45, 7) is 2.28. The molecular weight excluding hydrogens is 260 g/mol. The van der Waals surface area contributed by atoms with Crippen molar-refractivity contribution in [2.45, 2.75) is 103 Å². The summed E-state index contributed by atoms with van der Waals surface area (Å²) >= 11 is 0. The Morgan fingerprint density at radius 2 is 1.19 bits per heavy atom. The fourth-order valence-corrected chi connectivity index (χ4v) is 4.72. The molecule has 2 nitrogen and oxygen atoms in total. The largest absolute Gasteiger partial charge is 0.393 e. The Bertz CT molecular complexity index is 241. The Morgan fingerprint density at radius 1 is 0.714 bits per heavy atom. The molecule has 0 aromatic rings. The van der Waals surface area contributed by atoms with Crippen molar-refractivity contribution in [3.8, 4) is 0 Å². The number of rotatable bonds is 7. The Balaban J connectivity index is 1.86. The third-order valence-electron chi connectivity index (χ3n) is 6.08. The van der Waals surface area contributed by atoms with Gasteiger partial charge in [0.2, 0.25) is 0 Å². The van der Waals surface area contributed by atoms with Crippen LogP contribution in [0.3, 0.4) is 0 Å². The minimum absolute atomic E-state index is 0.0323. The van der Waals surface area contributed by atoms with E-state index in [4.69, 9.17) is 0 Å². The average Bonchev–Trinajstić information content (AvgIpc) is 2.50. The Hall–Kier alpha value is -0.0800. The molecule has 0 atom stereocenters. The number of hydrogen-bond acceptors (Lipinski definition) is 2. The van der Waals surface area contributed by atoms with Crippen molar-refractivity contribution in [3.05, 3.63) is 0 Å². The first-order chi connectivity index (χ1) is 10.2. The van der Waals surface area contributed by atoms with E-state index in [0.717, 1.165) is 43.4 Å². The van der Waals surface area contributed by atoms with E-state index >= 15 is 0 Å². The van der Waals surface area contributed by atoms with E-state index in [9.17, 15) is 10.2 Å². The van der Waals surface area contributed by atoms with Crippen LogP contribution in [0, 0.1) is 17.8 Å². The van der Waals surface area contributed by atoms with E-state index in [1.807, 2.05) is 0 Å². The molecule has 0 saturated heterocycles. The van der Waals surface area contributed by atoms with Crippen molar-refractivity contribution in [1.82, 2.24) is 0 Å². The lowest BCUT2D eigenvalue weighted by Gasteiger charge is -2.39. The topological polar surface area (TPSA) is 40.5 Å². The molecule has 0 heterocycles. The molecule has 21 heavy (non-hydrogen) atoms. The number of aliphatic hydroxyl groups excluding tert-OH is 2. The number of unbranched alkanes of at least 4 members (excludes halogenated alkanes) is 3. The number of aliphatic hydroxyl groups is 2. The van der Waals surface area contributed by atoms with Crippen molar-refractivity contribution >= 4 is 0 Å². The zero-order chi connectivity index (χ0) is 15.1. The van der Waals surface area contributed by atoms with Gasteiger partial charge in [0, 0.05) is 0 Å². The monoisotopic (exact) mass is 296 g/mol. The molecule has 2 N–H and O–H groups in total. The SMILES string of the molecule is CCCCCCC(C1CCC(O)CC1)C1CCC(O)CC1. The maximum absolute atomic E-state index is 9.77. The highest BCUT2D eigenvalue weighted by atomic mass is 16.3. The van der Waals surface area contributed by atoms with E-state index < -0.39 is 0 Å². The maximum atomic E-state index is 9.77. The van der Waals surface area contributed by atoms with Gasteiger partial charge >= 0.3 is 0 Å². The van der Waals surface area contributed by atoms with Crippen molar-refractivity contribution in [3.63, 3.8) is 0 Å². The fraction of sp³-hybridized carbons (Fsp3) is 1.00. The molecule has 0 aromatic carbocycles. The van der Waals surface area contributed by atoms with Gasteiger partial charge in [0.05, 0.1) is 12.2 Å². The first-order valence-electron chi connectivity index (χ1n) is 9.56. The van der Waals surface area contributed by atoms with Gasteiger partial charge in [-0.05, 0) is 75.5 Å². The molecule has 0 aliphatic heterocycles. The molecule has 2 aliphatic carbocycles. The molecule has 0 spiro atoms. The van der Waals surface area contributed by atoms with Gasteiger partial charge in [0.25, 0.3) is 0 Å². The smallest absolute Gasteiger partial charge is 0.0540 e. The molecule has 0 radical (unpaired) electrons. The summed E-state index contributed by atoms with van der Waals surface area (Å²) in [5.41, 5.74) is 0. The average molecular weight is 296 g/mol. The molecule has 2 aliphatic rings. The third-order valence-corrected chi connectivity index (χ3v) is 6.08. The molecule has 0 amide bonds. The van der Waals surface area contributed by atoms with Crippen LogP contribution < -0.4 is 0 Å². The van der Waals surface area contributed by atoms with Crippen LogP contribution in [-0.4, -0.2) is 22.4 Å². The van der Waals surface area contributed by atoms with Gasteiger partial charge in [0.1, 0.15) is 0 Å². The summed E-state index contributed by atoms with van der Waals surface area (Å²) in [5, 5.41) is 19.5. The summed E-state index contributed by atoms with van der Waals surface area (Å²) < 4.78 is 0. The molecule has 2 fully saturated rings. The van der Waals surface area contributed by atoms with Crippen LogP contribution in [0.4, 0.5) is 0 Å². The summed E-state index contributed by atoms with van der Waals surface area (Å²) in [6, 6.07) is 0. The summed E-state index contributed by atoms with van der Waals surface area (Å²) in [4.78, 5) is 0. The molecule has 2 saturated carbocycles. The first-order valence-corrected chi connectivity index (χ1v) is 9.56. The second-order valence-corrected chi connectivity index (χ2v) is 7.65. The van der Waals surface area contributed by atoms with Gasteiger partial charge < -0.3 is 10.2 Å². The Labute approximate surface area is 131 Å². The predicted octanol–water partition coefficient (Wildman–Crippen LogP) is 4.68. The van der Waals surface area contributed by atoms with E-state index in [1.54, 1.807) is 0 Å². The fourth-order valence-electron chi connectivity index (χ4n) is 4.72. The minimum atomic E-state index is -0.0323. The second-order valence-electron chi connectivity index (χ2n) is 7.65. The lowest BCUT2D eigenvalue weighted by atomic mass is 9.67. The van der Waals surface area contributed by atoms with Crippen LogP contribution in [0.1, 0.15) is 90.4 Å². The predicted molar refractivity (Wildman–Crippen MR) is 88.2 cm³/mol. The second kappa shape index (κ2) is 9.15. The molecule has 2 heteroatoms. The summed E-state index contributed by atoms with van der Waals surface area (Å²) in [6.07, 6.45) is 15.8. The van der Waals surface area contributed by atoms with Crippen LogP contribution in [0.5, 0.6) is 0 Å². The van der Waals surface area contributed by atoms with E-state index in [0.29, 0.717) is 0 Å².